The molecular weight excluding hydrogens is 492 g/mol. The van der Waals surface area contributed by atoms with Gasteiger partial charge in [-0.05, 0) is 67.6 Å². The zero-order chi connectivity index (χ0) is 20.1. The highest BCUT2D eigenvalue weighted by atomic mass is 79.9. The Labute approximate surface area is 190 Å². The monoisotopic (exact) mass is 513 g/mol. The molecule has 0 saturated heterocycles. The second kappa shape index (κ2) is 14.9. The molecule has 27 heavy (non-hydrogen) atoms. The van der Waals surface area contributed by atoms with Gasteiger partial charge in [0.1, 0.15) is 0 Å². The minimum absolute atomic E-state index is 0.187. The van der Waals surface area contributed by atoms with Gasteiger partial charge in [-0.3, -0.25) is 0 Å². The fraction of sp³-hybridized carbons (Fsp3) is 0.400. The van der Waals surface area contributed by atoms with Gasteiger partial charge in [-0.1, -0.05) is 74.5 Å². The van der Waals surface area contributed by atoms with E-state index in [1.165, 1.54) is 11.1 Å². The van der Waals surface area contributed by atoms with Gasteiger partial charge < -0.3 is 10.4 Å². The zero-order valence-corrected chi connectivity index (χ0v) is 19.6. The molecule has 0 aromatic heterocycles. The smallest absolute Gasteiger partial charge is 0.0595 e. The number of rotatable bonds is 9. The van der Waals surface area contributed by atoms with Crippen LogP contribution in [0, 0.1) is 0 Å². The van der Waals surface area contributed by atoms with E-state index in [-0.39, 0.29) is 6.61 Å². The summed E-state index contributed by atoms with van der Waals surface area (Å²) in [7, 11) is 0. The van der Waals surface area contributed by atoms with E-state index in [4.69, 9.17) is 51.5 Å². The third kappa shape index (κ3) is 10.9. The molecule has 0 fully saturated rings. The molecule has 7 heteroatoms. The molecule has 150 valence electrons. The average Bonchev–Trinajstić information content (AvgIpc) is 2.66. The Bertz CT molecular complexity index is 685. The maximum absolute atomic E-state index is 8.55. The fourth-order valence-electron chi connectivity index (χ4n) is 2.28. The van der Waals surface area contributed by atoms with Gasteiger partial charge in [0.15, 0.2) is 0 Å². The molecule has 0 heterocycles. The number of alkyl halides is 1. The summed E-state index contributed by atoms with van der Waals surface area (Å²) in [5, 5.41) is 15.2. The standard InChI is InChI=1S/C11H15Cl2NO.C9H9BrCl2/c12-10-4-3-9(8-11(10)13)2-1-5-14-6-7-15;10-5-1-2-7-3-4-8(11)9(12)6-7/h3-4,8,14-15H,1-2,5-7H2;3-4,6H,1-2,5H2. The predicted molar refractivity (Wildman–Crippen MR) is 123 cm³/mol. The number of nitrogens with one attached hydrogen (secondary N) is 1. The molecule has 2 rings (SSSR count). The number of halogens is 5. The SMILES string of the molecule is Clc1ccc(CCCBr)cc1Cl.OCCNCCCc1ccc(Cl)c(Cl)c1. The number of aliphatic hydroxyl groups is 1. The normalized spacial score (nSPS) is 10.4. The van der Waals surface area contributed by atoms with E-state index in [0.29, 0.717) is 26.6 Å². The largest absolute Gasteiger partial charge is 0.395 e. The van der Waals surface area contributed by atoms with Crippen LogP contribution in [-0.4, -0.2) is 30.1 Å². The molecule has 0 amide bonds. The van der Waals surface area contributed by atoms with Crippen LogP contribution in [-0.2, 0) is 12.8 Å². The molecule has 0 aliphatic rings. The summed E-state index contributed by atoms with van der Waals surface area (Å²) in [6, 6.07) is 11.5. The molecule has 0 aliphatic carbocycles. The summed E-state index contributed by atoms with van der Waals surface area (Å²) in [5.41, 5.74) is 2.43. The Kier molecular flexibility index (Phi) is 13.8. The van der Waals surface area contributed by atoms with Crippen LogP contribution in [0.3, 0.4) is 0 Å². The van der Waals surface area contributed by atoms with Crippen LogP contribution in [0.15, 0.2) is 36.4 Å². The topological polar surface area (TPSA) is 32.3 Å². The maximum Gasteiger partial charge on any atom is 0.0595 e. The van der Waals surface area contributed by atoms with Gasteiger partial charge in [0.25, 0.3) is 0 Å². The molecule has 0 atom stereocenters. The minimum Gasteiger partial charge on any atom is -0.395 e. The van der Waals surface area contributed by atoms with Gasteiger partial charge in [-0.25, -0.2) is 0 Å². The highest BCUT2D eigenvalue weighted by Gasteiger charge is 1.99. The fourth-order valence-corrected chi connectivity index (χ4v) is 3.20. The van der Waals surface area contributed by atoms with Gasteiger partial charge in [-0.15, -0.1) is 0 Å². The van der Waals surface area contributed by atoms with Crippen molar-refractivity contribution in [1.82, 2.24) is 5.32 Å². The van der Waals surface area contributed by atoms with Crippen LogP contribution in [0.5, 0.6) is 0 Å². The number of hydrogen-bond acceptors (Lipinski definition) is 2. The van der Waals surface area contributed by atoms with E-state index in [1.54, 1.807) is 0 Å². The van der Waals surface area contributed by atoms with Crippen molar-refractivity contribution in [3.8, 4) is 0 Å². The molecule has 0 saturated carbocycles. The molecule has 0 radical (unpaired) electrons. The first-order chi connectivity index (χ1) is 13.0. The Morgan fingerprint density at radius 2 is 1.26 bits per heavy atom. The first-order valence-electron chi connectivity index (χ1n) is 8.73. The highest BCUT2D eigenvalue weighted by Crippen LogP contribution is 2.23. The minimum atomic E-state index is 0.187. The molecule has 2 aromatic carbocycles. The van der Waals surface area contributed by atoms with Crippen molar-refractivity contribution in [2.45, 2.75) is 25.7 Å². The Hall–Kier alpha value is -0.000000000000000167. The molecule has 0 unspecified atom stereocenters. The van der Waals surface area contributed by atoms with Gasteiger partial charge in [0, 0.05) is 11.9 Å². The van der Waals surface area contributed by atoms with Crippen molar-refractivity contribution in [3.63, 3.8) is 0 Å². The molecule has 0 aliphatic heterocycles. The number of benzene rings is 2. The van der Waals surface area contributed by atoms with Crippen molar-refractivity contribution < 1.29 is 5.11 Å². The lowest BCUT2D eigenvalue weighted by molar-refractivity contribution is 0.292. The Balaban J connectivity index is 0.000000277. The van der Waals surface area contributed by atoms with Crippen molar-refractivity contribution >= 4 is 62.3 Å². The lowest BCUT2D eigenvalue weighted by atomic mass is 10.1. The first kappa shape index (κ1) is 25.0. The van der Waals surface area contributed by atoms with Crippen molar-refractivity contribution in [2.24, 2.45) is 0 Å². The highest BCUT2D eigenvalue weighted by molar-refractivity contribution is 9.09. The van der Waals surface area contributed by atoms with E-state index in [1.807, 2.05) is 36.4 Å². The van der Waals surface area contributed by atoms with Crippen molar-refractivity contribution in [3.05, 3.63) is 67.6 Å². The predicted octanol–water partition coefficient (Wildman–Crippen LogP) is 6.83. The third-order valence-corrected chi connectivity index (χ3v) is 5.71. The summed E-state index contributed by atoms with van der Waals surface area (Å²) < 4.78 is 0. The molecular formula is C20H24BrCl4NO. The molecule has 2 N–H and O–H groups in total. The van der Waals surface area contributed by atoms with E-state index in [0.717, 1.165) is 37.6 Å². The summed E-state index contributed by atoms with van der Waals surface area (Å²) in [6.45, 7) is 1.74. The van der Waals surface area contributed by atoms with Gasteiger partial charge in [-0.2, -0.15) is 0 Å². The van der Waals surface area contributed by atoms with Crippen LogP contribution in [0.25, 0.3) is 0 Å². The second-order valence-corrected chi connectivity index (χ2v) is 8.29. The van der Waals surface area contributed by atoms with Crippen LogP contribution in [0.1, 0.15) is 24.0 Å². The van der Waals surface area contributed by atoms with Crippen LogP contribution in [0.4, 0.5) is 0 Å². The number of aryl methyl sites for hydroxylation is 2. The molecule has 2 nitrogen and oxygen atoms in total. The second-order valence-electron chi connectivity index (χ2n) is 5.87. The summed E-state index contributed by atoms with van der Waals surface area (Å²) >= 11 is 26.7. The molecule has 0 bridgehead atoms. The molecule has 2 aromatic rings. The van der Waals surface area contributed by atoms with E-state index in [2.05, 4.69) is 21.2 Å². The lowest BCUT2D eigenvalue weighted by Gasteiger charge is -2.04. The van der Waals surface area contributed by atoms with Gasteiger partial charge >= 0.3 is 0 Å². The van der Waals surface area contributed by atoms with Gasteiger partial charge in [0.05, 0.1) is 26.7 Å². The number of aliphatic hydroxyl groups excluding tert-OH is 1. The van der Waals surface area contributed by atoms with Crippen LogP contribution in [0.2, 0.25) is 20.1 Å². The Morgan fingerprint density at radius 3 is 1.70 bits per heavy atom. The Morgan fingerprint density at radius 1 is 0.741 bits per heavy atom. The summed E-state index contributed by atoms with van der Waals surface area (Å²) in [4.78, 5) is 0. The third-order valence-electron chi connectivity index (χ3n) is 3.67. The zero-order valence-electron chi connectivity index (χ0n) is 15.0. The average molecular weight is 516 g/mol. The van der Waals surface area contributed by atoms with Crippen LogP contribution >= 0.6 is 62.3 Å². The maximum atomic E-state index is 8.55. The van der Waals surface area contributed by atoms with Crippen molar-refractivity contribution in [2.75, 3.05) is 25.0 Å². The van der Waals surface area contributed by atoms with E-state index >= 15 is 0 Å². The summed E-state index contributed by atoms with van der Waals surface area (Å²) in [6.07, 6.45) is 4.16. The lowest BCUT2D eigenvalue weighted by Crippen LogP contribution is -2.19. The summed E-state index contributed by atoms with van der Waals surface area (Å²) in [5.74, 6) is 0. The van der Waals surface area contributed by atoms with E-state index < -0.39 is 0 Å². The van der Waals surface area contributed by atoms with Crippen molar-refractivity contribution in [1.29, 1.82) is 0 Å². The number of hydrogen-bond donors (Lipinski definition) is 2. The van der Waals surface area contributed by atoms with E-state index in [9.17, 15) is 0 Å². The first-order valence-corrected chi connectivity index (χ1v) is 11.4. The van der Waals surface area contributed by atoms with Crippen LogP contribution < -0.4 is 5.32 Å². The molecule has 0 spiro atoms. The van der Waals surface area contributed by atoms with Gasteiger partial charge in [0.2, 0.25) is 0 Å². The quantitative estimate of drug-likeness (QED) is 0.283.